The third-order valence-corrected chi connectivity index (χ3v) is 2.97. The van der Waals surface area contributed by atoms with E-state index in [4.69, 9.17) is 0 Å². The van der Waals surface area contributed by atoms with Gasteiger partial charge in [-0.3, -0.25) is 9.97 Å². The molecular formula is C14H14N6. The zero-order valence-electron chi connectivity index (χ0n) is 11.0. The molecule has 6 nitrogen and oxygen atoms in total. The van der Waals surface area contributed by atoms with Crippen LogP contribution in [-0.4, -0.2) is 25.0 Å². The predicted molar refractivity (Wildman–Crippen MR) is 75.4 cm³/mol. The topological polar surface area (TPSA) is 68.5 Å². The Morgan fingerprint density at radius 2 is 2.05 bits per heavy atom. The van der Waals surface area contributed by atoms with Crippen LogP contribution >= 0.6 is 0 Å². The summed E-state index contributed by atoms with van der Waals surface area (Å²) in [4.78, 5) is 8.40. The average molecular weight is 266 g/mol. The van der Waals surface area contributed by atoms with Crippen molar-refractivity contribution in [2.45, 2.75) is 13.0 Å². The molecule has 2 heterocycles. The highest BCUT2D eigenvalue weighted by Gasteiger charge is 2.10. The Morgan fingerprint density at radius 3 is 2.80 bits per heavy atom. The van der Waals surface area contributed by atoms with E-state index >= 15 is 0 Å². The van der Waals surface area contributed by atoms with Gasteiger partial charge in [0.05, 0.1) is 41.7 Å². The molecule has 1 aromatic carbocycles. The van der Waals surface area contributed by atoms with E-state index in [1.165, 1.54) is 0 Å². The monoisotopic (exact) mass is 266 g/mol. The van der Waals surface area contributed by atoms with Crippen molar-refractivity contribution in [2.24, 2.45) is 0 Å². The molecule has 2 aromatic heterocycles. The van der Waals surface area contributed by atoms with Gasteiger partial charge >= 0.3 is 0 Å². The molecule has 100 valence electrons. The number of nitrogens with one attached hydrogen (secondary N) is 1. The van der Waals surface area contributed by atoms with Crippen molar-refractivity contribution < 1.29 is 0 Å². The fourth-order valence-corrected chi connectivity index (χ4v) is 1.97. The third kappa shape index (κ3) is 2.49. The lowest BCUT2D eigenvalue weighted by Crippen LogP contribution is -2.11. The standard InChI is InChI=1S/C14H14N6/c1-11(13-10-15-6-7-16-13)18-12-4-2-3-5-14(12)20-9-8-17-19-20/h2-11,18H,1H3. The summed E-state index contributed by atoms with van der Waals surface area (Å²) < 4.78 is 1.73. The molecule has 0 fully saturated rings. The fourth-order valence-electron chi connectivity index (χ4n) is 1.97. The second kappa shape index (κ2) is 5.48. The van der Waals surface area contributed by atoms with Crippen LogP contribution in [0.3, 0.4) is 0 Å². The van der Waals surface area contributed by atoms with Crippen molar-refractivity contribution in [3.05, 3.63) is 60.9 Å². The summed E-state index contributed by atoms with van der Waals surface area (Å²) in [6.45, 7) is 2.04. The zero-order chi connectivity index (χ0) is 13.8. The van der Waals surface area contributed by atoms with Gasteiger partial charge in [0.25, 0.3) is 0 Å². The van der Waals surface area contributed by atoms with E-state index in [-0.39, 0.29) is 6.04 Å². The van der Waals surface area contributed by atoms with Gasteiger partial charge in [0.2, 0.25) is 0 Å². The molecule has 0 spiro atoms. The SMILES string of the molecule is CC(Nc1ccccc1-n1ccnn1)c1cnccn1. The van der Waals surface area contributed by atoms with E-state index in [0.29, 0.717) is 0 Å². The Kier molecular flexibility index (Phi) is 3.36. The van der Waals surface area contributed by atoms with E-state index in [0.717, 1.165) is 17.1 Å². The highest BCUT2D eigenvalue weighted by molar-refractivity contribution is 5.61. The molecule has 3 rings (SSSR count). The van der Waals surface area contributed by atoms with Crippen LogP contribution in [0.1, 0.15) is 18.7 Å². The van der Waals surface area contributed by atoms with Crippen molar-refractivity contribution in [1.82, 2.24) is 25.0 Å². The van der Waals surface area contributed by atoms with E-state index in [1.807, 2.05) is 37.4 Å². The van der Waals surface area contributed by atoms with Crippen LogP contribution in [-0.2, 0) is 0 Å². The van der Waals surface area contributed by atoms with E-state index in [1.54, 1.807) is 29.5 Å². The van der Waals surface area contributed by atoms with E-state index in [2.05, 4.69) is 25.6 Å². The number of nitrogens with zero attached hydrogens (tertiary/aromatic N) is 5. The molecule has 20 heavy (non-hydrogen) atoms. The van der Waals surface area contributed by atoms with Crippen LogP contribution in [0.15, 0.2) is 55.2 Å². The Morgan fingerprint density at radius 1 is 1.15 bits per heavy atom. The maximum atomic E-state index is 4.31. The second-order valence-electron chi connectivity index (χ2n) is 4.36. The molecule has 0 aliphatic rings. The van der Waals surface area contributed by atoms with Crippen molar-refractivity contribution in [3.63, 3.8) is 0 Å². The minimum atomic E-state index is 0.0494. The van der Waals surface area contributed by atoms with E-state index < -0.39 is 0 Å². The largest absolute Gasteiger partial charge is 0.375 e. The van der Waals surface area contributed by atoms with Crippen molar-refractivity contribution in [3.8, 4) is 5.69 Å². The minimum Gasteiger partial charge on any atom is -0.375 e. The van der Waals surface area contributed by atoms with Crippen LogP contribution in [0.25, 0.3) is 5.69 Å². The quantitative estimate of drug-likeness (QED) is 0.784. The fraction of sp³-hybridized carbons (Fsp3) is 0.143. The summed E-state index contributed by atoms with van der Waals surface area (Å²) in [7, 11) is 0. The number of rotatable bonds is 4. The van der Waals surface area contributed by atoms with Gasteiger partial charge in [-0.15, -0.1) is 5.10 Å². The molecule has 0 aliphatic heterocycles. The first kappa shape index (κ1) is 12.3. The van der Waals surface area contributed by atoms with Crippen LogP contribution in [0, 0.1) is 0 Å². The second-order valence-corrected chi connectivity index (χ2v) is 4.36. The molecule has 1 atom stereocenters. The molecule has 0 amide bonds. The Labute approximate surface area is 116 Å². The van der Waals surface area contributed by atoms with Crippen LogP contribution < -0.4 is 5.32 Å². The number of hydrogen-bond acceptors (Lipinski definition) is 5. The van der Waals surface area contributed by atoms with Gasteiger partial charge in [-0.25, -0.2) is 4.68 Å². The van der Waals surface area contributed by atoms with Gasteiger partial charge < -0.3 is 5.32 Å². The molecule has 1 unspecified atom stereocenters. The third-order valence-electron chi connectivity index (χ3n) is 2.97. The van der Waals surface area contributed by atoms with Gasteiger partial charge in [-0.1, -0.05) is 17.3 Å². The maximum absolute atomic E-state index is 4.31. The van der Waals surface area contributed by atoms with Gasteiger partial charge in [-0.05, 0) is 19.1 Å². The molecule has 0 saturated heterocycles. The smallest absolute Gasteiger partial charge is 0.0894 e. The zero-order valence-corrected chi connectivity index (χ0v) is 11.0. The number of benzene rings is 1. The van der Waals surface area contributed by atoms with Crippen molar-refractivity contribution in [1.29, 1.82) is 0 Å². The van der Waals surface area contributed by atoms with Gasteiger partial charge in [0.1, 0.15) is 0 Å². The van der Waals surface area contributed by atoms with Crippen molar-refractivity contribution in [2.75, 3.05) is 5.32 Å². The number of hydrogen-bond donors (Lipinski definition) is 1. The lowest BCUT2D eigenvalue weighted by Gasteiger charge is -2.17. The molecule has 1 N–H and O–H groups in total. The summed E-state index contributed by atoms with van der Waals surface area (Å²) in [6.07, 6.45) is 8.59. The molecule has 6 heteroatoms. The Bertz CT molecular complexity index is 665. The normalized spacial score (nSPS) is 12.1. The first-order chi connectivity index (χ1) is 9.84. The highest BCUT2D eigenvalue weighted by atomic mass is 15.4. The lowest BCUT2D eigenvalue weighted by atomic mass is 10.2. The lowest BCUT2D eigenvalue weighted by molar-refractivity contribution is 0.791. The highest BCUT2D eigenvalue weighted by Crippen LogP contribution is 2.23. The molecule has 3 aromatic rings. The van der Waals surface area contributed by atoms with Crippen LogP contribution in [0.4, 0.5) is 5.69 Å². The first-order valence-electron chi connectivity index (χ1n) is 6.33. The number of anilines is 1. The number of para-hydroxylation sites is 2. The maximum Gasteiger partial charge on any atom is 0.0894 e. The number of aromatic nitrogens is 5. The average Bonchev–Trinajstić information content (AvgIpc) is 3.03. The predicted octanol–water partition coefficient (Wildman–Crippen LogP) is 2.23. The molecular weight excluding hydrogens is 252 g/mol. The molecule has 0 radical (unpaired) electrons. The Hall–Kier alpha value is -2.76. The summed E-state index contributed by atoms with van der Waals surface area (Å²) in [5.74, 6) is 0. The minimum absolute atomic E-state index is 0.0494. The van der Waals surface area contributed by atoms with E-state index in [9.17, 15) is 0 Å². The summed E-state index contributed by atoms with van der Waals surface area (Å²) >= 11 is 0. The molecule has 0 saturated carbocycles. The van der Waals surface area contributed by atoms with Crippen LogP contribution in [0.5, 0.6) is 0 Å². The van der Waals surface area contributed by atoms with Gasteiger partial charge in [0, 0.05) is 12.4 Å². The summed E-state index contributed by atoms with van der Waals surface area (Å²) in [5.41, 5.74) is 2.80. The summed E-state index contributed by atoms with van der Waals surface area (Å²) in [6, 6.07) is 7.99. The van der Waals surface area contributed by atoms with Gasteiger partial charge in [0.15, 0.2) is 0 Å². The molecule has 0 bridgehead atoms. The van der Waals surface area contributed by atoms with Gasteiger partial charge in [-0.2, -0.15) is 0 Å². The van der Waals surface area contributed by atoms with Crippen LogP contribution in [0.2, 0.25) is 0 Å². The first-order valence-corrected chi connectivity index (χ1v) is 6.33. The van der Waals surface area contributed by atoms with Crippen molar-refractivity contribution >= 4 is 5.69 Å². The molecule has 0 aliphatic carbocycles. The Balaban J connectivity index is 1.88. The summed E-state index contributed by atoms with van der Waals surface area (Å²) in [5, 5.41) is 11.3.